The van der Waals surface area contributed by atoms with E-state index in [-0.39, 0.29) is 0 Å². The van der Waals surface area contributed by atoms with Gasteiger partial charge < -0.3 is 14.8 Å². The van der Waals surface area contributed by atoms with Gasteiger partial charge in [0.1, 0.15) is 12.4 Å². The minimum Gasteiger partial charge on any atom is -0.497 e. The molecule has 1 N–H and O–H groups in total. The van der Waals surface area contributed by atoms with E-state index in [0.717, 1.165) is 23.7 Å². The number of benzene rings is 1. The molecular formula is C13H17N3O2. The third-order valence-electron chi connectivity index (χ3n) is 2.52. The van der Waals surface area contributed by atoms with E-state index in [4.69, 9.17) is 9.47 Å². The van der Waals surface area contributed by atoms with Crippen molar-refractivity contribution in [3.63, 3.8) is 0 Å². The minimum absolute atomic E-state index is 0.630. The Balaban J connectivity index is 2.04. The van der Waals surface area contributed by atoms with E-state index in [0.29, 0.717) is 6.61 Å². The lowest BCUT2D eigenvalue weighted by atomic mass is 10.3. The zero-order chi connectivity index (χ0) is 12.8. The molecule has 0 amide bonds. The third-order valence-corrected chi connectivity index (χ3v) is 2.52. The molecule has 2 rings (SSSR count). The highest BCUT2D eigenvalue weighted by atomic mass is 16.5. The normalized spacial score (nSPS) is 10.3. The molecule has 0 saturated carbocycles. The van der Waals surface area contributed by atoms with Gasteiger partial charge in [0.25, 0.3) is 0 Å². The van der Waals surface area contributed by atoms with Crippen molar-refractivity contribution >= 4 is 0 Å². The van der Waals surface area contributed by atoms with Gasteiger partial charge in [-0.3, -0.25) is 0 Å². The summed E-state index contributed by atoms with van der Waals surface area (Å²) in [6.45, 7) is 1.44. The Morgan fingerprint density at radius 2 is 2.00 bits per heavy atom. The van der Waals surface area contributed by atoms with Gasteiger partial charge in [-0.2, -0.15) is 5.10 Å². The molecule has 0 aliphatic carbocycles. The molecule has 0 atom stereocenters. The van der Waals surface area contributed by atoms with Crippen LogP contribution >= 0.6 is 0 Å². The van der Waals surface area contributed by atoms with E-state index in [1.165, 1.54) is 0 Å². The zero-order valence-electron chi connectivity index (χ0n) is 10.6. The maximum atomic E-state index is 5.52. The van der Waals surface area contributed by atoms with Gasteiger partial charge in [-0.25, -0.2) is 4.68 Å². The highest BCUT2D eigenvalue weighted by Gasteiger charge is 2.01. The average molecular weight is 247 g/mol. The van der Waals surface area contributed by atoms with Crippen molar-refractivity contribution in [2.24, 2.45) is 0 Å². The van der Waals surface area contributed by atoms with Crippen molar-refractivity contribution in [2.45, 2.75) is 0 Å². The molecule has 5 heteroatoms. The first-order valence-electron chi connectivity index (χ1n) is 5.80. The van der Waals surface area contributed by atoms with Crippen LogP contribution in [0.15, 0.2) is 36.7 Å². The lowest BCUT2D eigenvalue weighted by Gasteiger charge is -2.03. The van der Waals surface area contributed by atoms with E-state index in [9.17, 15) is 0 Å². The molecule has 0 unspecified atom stereocenters. The van der Waals surface area contributed by atoms with Crippen LogP contribution in [0.25, 0.3) is 5.69 Å². The van der Waals surface area contributed by atoms with Crippen molar-refractivity contribution in [1.82, 2.24) is 15.1 Å². The summed E-state index contributed by atoms with van der Waals surface area (Å²) in [5.41, 5.74) is 0.972. The Labute approximate surface area is 106 Å². The lowest BCUT2D eigenvalue weighted by molar-refractivity contribution is 0.318. The summed E-state index contributed by atoms with van der Waals surface area (Å²) in [4.78, 5) is 0. The van der Waals surface area contributed by atoms with Crippen molar-refractivity contribution in [1.29, 1.82) is 0 Å². The number of hydrogen-bond donors (Lipinski definition) is 1. The standard InChI is InChI=1S/C13H17N3O2/c1-14-7-8-18-13-9-15-16(10-13)11-3-5-12(17-2)6-4-11/h3-6,9-10,14H,7-8H2,1-2H3. The number of nitrogens with zero attached hydrogens (tertiary/aromatic N) is 2. The maximum absolute atomic E-state index is 5.52. The van der Waals surface area contributed by atoms with Crippen LogP contribution in [0.3, 0.4) is 0 Å². The van der Waals surface area contributed by atoms with Crippen LogP contribution in [-0.2, 0) is 0 Å². The number of methoxy groups -OCH3 is 1. The van der Waals surface area contributed by atoms with Crippen molar-refractivity contribution < 1.29 is 9.47 Å². The van der Waals surface area contributed by atoms with Gasteiger partial charge in [0.15, 0.2) is 5.75 Å². The molecule has 1 aromatic carbocycles. The number of hydrogen-bond acceptors (Lipinski definition) is 4. The van der Waals surface area contributed by atoms with E-state index in [1.54, 1.807) is 18.0 Å². The van der Waals surface area contributed by atoms with Gasteiger partial charge >= 0.3 is 0 Å². The fraction of sp³-hybridized carbons (Fsp3) is 0.308. The molecule has 0 saturated heterocycles. The van der Waals surface area contributed by atoms with Gasteiger partial charge in [0, 0.05) is 6.54 Å². The van der Waals surface area contributed by atoms with Crippen LogP contribution in [0.4, 0.5) is 0 Å². The molecule has 2 aromatic rings. The van der Waals surface area contributed by atoms with Crippen LogP contribution < -0.4 is 14.8 Å². The number of ether oxygens (including phenoxy) is 2. The predicted molar refractivity (Wildman–Crippen MR) is 69.5 cm³/mol. The molecule has 0 radical (unpaired) electrons. The monoisotopic (exact) mass is 247 g/mol. The molecule has 5 nitrogen and oxygen atoms in total. The van der Waals surface area contributed by atoms with E-state index >= 15 is 0 Å². The molecule has 0 spiro atoms. The van der Waals surface area contributed by atoms with Gasteiger partial charge in [0.2, 0.25) is 0 Å². The fourth-order valence-corrected chi connectivity index (χ4v) is 1.53. The van der Waals surface area contributed by atoms with Gasteiger partial charge in [-0.05, 0) is 31.3 Å². The molecule has 96 valence electrons. The number of likely N-dealkylation sites (N-methyl/N-ethyl adjacent to an activating group) is 1. The molecule has 0 bridgehead atoms. The fourth-order valence-electron chi connectivity index (χ4n) is 1.53. The molecule has 0 aliphatic rings. The third kappa shape index (κ3) is 3.01. The Morgan fingerprint density at radius 1 is 1.22 bits per heavy atom. The van der Waals surface area contributed by atoms with E-state index in [2.05, 4.69) is 10.4 Å². The van der Waals surface area contributed by atoms with E-state index in [1.807, 2.05) is 37.5 Å². The summed E-state index contributed by atoms with van der Waals surface area (Å²) in [5.74, 6) is 1.59. The second-order valence-electron chi connectivity index (χ2n) is 3.77. The summed E-state index contributed by atoms with van der Waals surface area (Å²) in [6, 6.07) is 7.70. The van der Waals surface area contributed by atoms with Crippen molar-refractivity contribution in [3.8, 4) is 17.2 Å². The maximum Gasteiger partial charge on any atom is 0.157 e. The summed E-state index contributed by atoms with van der Waals surface area (Å²) in [5, 5.41) is 7.27. The average Bonchev–Trinajstić information content (AvgIpc) is 2.88. The number of rotatable bonds is 6. The first kappa shape index (κ1) is 12.4. The number of aromatic nitrogens is 2. The summed E-state index contributed by atoms with van der Waals surface area (Å²) >= 11 is 0. The van der Waals surface area contributed by atoms with Crippen molar-refractivity contribution in [2.75, 3.05) is 27.3 Å². The Kier molecular flexibility index (Phi) is 4.20. The van der Waals surface area contributed by atoms with Crippen LogP contribution in [-0.4, -0.2) is 37.1 Å². The molecule has 1 heterocycles. The Morgan fingerprint density at radius 3 is 2.67 bits per heavy atom. The van der Waals surface area contributed by atoms with Gasteiger partial charge in [0.05, 0.1) is 25.2 Å². The second-order valence-corrected chi connectivity index (χ2v) is 3.77. The van der Waals surface area contributed by atoms with Crippen LogP contribution in [0.2, 0.25) is 0 Å². The number of nitrogens with one attached hydrogen (secondary N) is 1. The van der Waals surface area contributed by atoms with Crippen LogP contribution in [0.1, 0.15) is 0 Å². The highest BCUT2D eigenvalue weighted by molar-refractivity contribution is 5.37. The smallest absolute Gasteiger partial charge is 0.157 e. The molecule has 18 heavy (non-hydrogen) atoms. The predicted octanol–water partition coefficient (Wildman–Crippen LogP) is 1.48. The lowest BCUT2D eigenvalue weighted by Crippen LogP contribution is -2.15. The largest absolute Gasteiger partial charge is 0.497 e. The topological polar surface area (TPSA) is 48.3 Å². The summed E-state index contributed by atoms with van der Waals surface area (Å²) in [7, 11) is 3.54. The van der Waals surface area contributed by atoms with Gasteiger partial charge in [-0.15, -0.1) is 0 Å². The van der Waals surface area contributed by atoms with Crippen LogP contribution in [0, 0.1) is 0 Å². The van der Waals surface area contributed by atoms with Crippen LogP contribution in [0.5, 0.6) is 11.5 Å². The SMILES string of the molecule is CNCCOc1cnn(-c2ccc(OC)cc2)c1. The minimum atomic E-state index is 0.630. The second kappa shape index (κ2) is 6.07. The first-order valence-corrected chi connectivity index (χ1v) is 5.80. The molecule has 1 aromatic heterocycles. The molecular weight excluding hydrogens is 230 g/mol. The first-order chi connectivity index (χ1) is 8.83. The van der Waals surface area contributed by atoms with E-state index < -0.39 is 0 Å². The molecule has 0 aliphatic heterocycles. The Hall–Kier alpha value is -2.01. The summed E-state index contributed by atoms with van der Waals surface area (Å²) in [6.07, 6.45) is 3.57. The summed E-state index contributed by atoms with van der Waals surface area (Å²) < 4.78 is 12.4. The quantitative estimate of drug-likeness (QED) is 0.785. The van der Waals surface area contributed by atoms with Gasteiger partial charge in [-0.1, -0.05) is 0 Å². The molecule has 0 fully saturated rings. The Bertz CT molecular complexity index is 479. The van der Waals surface area contributed by atoms with Crippen molar-refractivity contribution in [3.05, 3.63) is 36.7 Å². The zero-order valence-corrected chi connectivity index (χ0v) is 10.6. The highest BCUT2D eigenvalue weighted by Crippen LogP contribution is 2.17.